The Morgan fingerprint density at radius 1 is 1.08 bits per heavy atom. The minimum Gasteiger partial charge on any atom is -0.480 e. The van der Waals surface area contributed by atoms with Crippen LogP contribution >= 0.6 is 0 Å². The summed E-state index contributed by atoms with van der Waals surface area (Å²) in [5, 5.41) is 13.1. The second kappa shape index (κ2) is 10.6. The first-order valence-corrected chi connectivity index (χ1v) is 9.69. The van der Waals surface area contributed by atoms with Crippen LogP contribution in [0.5, 0.6) is 0 Å². The number of H-pyrrole nitrogens is 1. The van der Waals surface area contributed by atoms with Gasteiger partial charge in [-0.25, -0.2) is 4.79 Å². The van der Waals surface area contributed by atoms with E-state index in [0.717, 1.165) is 35.7 Å². The SMILES string of the molecule is CCCCCCCCCC(=O)N[C@@H](Cc1c[nH]c2ccccc12)C(=O)O. The summed E-state index contributed by atoms with van der Waals surface area (Å²) < 4.78 is 0. The van der Waals surface area contributed by atoms with Gasteiger partial charge in [-0.1, -0.05) is 63.6 Å². The molecule has 1 atom stereocenters. The van der Waals surface area contributed by atoms with Crippen LogP contribution in [-0.4, -0.2) is 28.0 Å². The largest absolute Gasteiger partial charge is 0.480 e. The van der Waals surface area contributed by atoms with Gasteiger partial charge < -0.3 is 15.4 Å². The third-order valence-electron chi connectivity index (χ3n) is 4.74. The van der Waals surface area contributed by atoms with Crippen LogP contribution in [0.4, 0.5) is 0 Å². The second-order valence-electron chi connectivity index (χ2n) is 6.89. The molecular formula is C21H30N2O3. The number of nitrogens with one attached hydrogen (secondary N) is 2. The van der Waals surface area contributed by atoms with Gasteiger partial charge in [-0.2, -0.15) is 0 Å². The van der Waals surface area contributed by atoms with Crippen molar-refractivity contribution < 1.29 is 14.7 Å². The van der Waals surface area contributed by atoms with Crippen molar-refractivity contribution in [3.05, 3.63) is 36.0 Å². The van der Waals surface area contributed by atoms with E-state index in [-0.39, 0.29) is 12.3 Å². The van der Waals surface area contributed by atoms with Gasteiger partial charge in [-0.05, 0) is 18.1 Å². The van der Waals surface area contributed by atoms with Crippen LogP contribution in [0, 0.1) is 0 Å². The fraction of sp³-hybridized carbons (Fsp3) is 0.524. The van der Waals surface area contributed by atoms with Crippen LogP contribution < -0.4 is 5.32 Å². The maximum atomic E-state index is 12.1. The standard InChI is InChI=1S/C21H30N2O3/c1-2-3-4-5-6-7-8-13-20(24)23-19(21(25)26)14-16-15-22-18-12-10-9-11-17(16)18/h9-12,15,19,22H,2-8,13-14H2,1H3,(H,23,24)(H,25,26)/t19-/m0/s1. The number of carbonyl (C=O) groups excluding carboxylic acids is 1. The summed E-state index contributed by atoms with van der Waals surface area (Å²) in [5.41, 5.74) is 1.88. The zero-order valence-corrected chi connectivity index (χ0v) is 15.6. The molecule has 142 valence electrons. The second-order valence-corrected chi connectivity index (χ2v) is 6.89. The zero-order chi connectivity index (χ0) is 18.8. The van der Waals surface area contributed by atoms with Crippen molar-refractivity contribution in [2.75, 3.05) is 0 Å². The van der Waals surface area contributed by atoms with Crippen LogP contribution in [-0.2, 0) is 16.0 Å². The van der Waals surface area contributed by atoms with Gasteiger partial charge in [0.15, 0.2) is 0 Å². The molecule has 0 aliphatic heterocycles. The van der Waals surface area contributed by atoms with Gasteiger partial charge in [0.2, 0.25) is 5.91 Å². The Labute approximate surface area is 155 Å². The fourth-order valence-electron chi connectivity index (χ4n) is 3.23. The van der Waals surface area contributed by atoms with Gasteiger partial charge >= 0.3 is 5.97 Å². The lowest BCUT2D eigenvalue weighted by molar-refractivity contribution is -0.141. The number of aromatic amines is 1. The van der Waals surface area contributed by atoms with Crippen LogP contribution in [0.1, 0.15) is 63.9 Å². The van der Waals surface area contributed by atoms with Gasteiger partial charge in [0, 0.05) is 29.9 Å². The first-order chi connectivity index (χ1) is 12.6. The quantitative estimate of drug-likeness (QED) is 0.491. The highest BCUT2D eigenvalue weighted by molar-refractivity contribution is 5.86. The Bertz CT molecular complexity index is 708. The van der Waals surface area contributed by atoms with Crippen LogP contribution in [0.2, 0.25) is 0 Å². The van der Waals surface area contributed by atoms with Gasteiger partial charge in [-0.3, -0.25) is 4.79 Å². The number of hydrogen-bond acceptors (Lipinski definition) is 2. The van der Waals surface area contributed by atoms with Crippen molar-refractivity contribution >= 4 is 22.8 Å². The highest BCUT2D eigenvalue weighted by atomic mass is 16.4. The summed E-state index contributed by atoms with van der Waals surface area (Å²) in [6.07, 6.45) is 10.5. The maximum absolute atomic E-state index is 12.1. The van der Waals surface area contributed by atoms with Gasteiger partial charge in [0.05, 0.1) is 0 Å². The molecule has 0 unspecified atom stereocenters. The highest BCUT2D eigenvalue weighted by Gasteiger charge is 2.21. The number of fused-ring (bicyclic) bond motifs is 1. The number of aromatic nitrogens is 1. The number of hydrogen-bond donors (Lipinski definition) is 3. The fourth-order valence-corrected chi connectivity index (χ4v) is 3.23. The van der Waals surface area contributed by atoms with Crippen molar-refractivity contribution in [1.82, 2.24) is 10.3 Å². The van der Waals surface area contributed by atoms with Gasteiger partial charge in [0.1, 0.15) is 6.04 Å². The molecule has 5 nitrogen and oxygen atoms in total. The topological polar surface area (TPSA) is 82.2 Å². The number of para-hydroxylation sites is 1. The number of carboxylic acids is 1. The summed E-state index contributed by atoms with van der Waals surface area (Å²) in [6, 6.07) is 6.87. The predicted molar refractivity (Wildman–Crippen MR) is 104 cm³/mol. The summed E-state index contributed by atoms with van der Waals surface area (Å²) >= 11 is 0. The van der Waals surface area contributed by atoms with E-state index in [2.05, 4.69) is 17.2 Å². The average Bonchev–Trinajstić information content (AvgIpc) is 3.03. The molecule has 0 saturated carbocycles. The molecule has 0 aliphatic carbocycles. The molecule has 1 heterocycles. The lowest BCUT2D eigenvalue weighted by atomic mass is 10.0. The van der Waals surface area contributed by atoms with Crippen molar-refractivity contribution in [3.8, 4) is 0 Å². The normalized spacial score (nSPS) is 12.2. The van der Waals surface area contributed by atoms with E-state index in [1.807, 2.05) is 30.5 Å². The Balaban J connectivity index is 1.79. The maximum Gasteiger partial charge on any atom is 0.326 e. The summed E-state index contributed by atoms with van der Waals surface area (Å²) in [5.74, 6) is -1.17. The van der Waals surface area contributed by atoms with Crippen LogP contribution in [0.3, 0.4) is 0 Å². The molecule has 1 aromatic heterocycles. The van der Waals surface area contributed by atoms with Crippen molar-refractivity contribution in [3.63, 3.8) is 0 Å². The van der Waals surface area contributed by atoms with E-state index in [4.69, 9.17) is 0 Å². The van der Waals surface area contributed by atoms with Crippen molar-refractivity contribution in [2.45, 2.75) is 70.8 Å². The van der Waals surface area contributed by atoms with Crippen LogP contribution in [0.25, 0.3) is 10.9 Å². The number of rotatable bonds is 12. The third kappa shape index (κ3) is 6.21. The first-order valence-electron chi connectivity index (χ1n) is 9.69. The summed E-state index contributed by atoms with van der Waals surface area (Å²) in [4.78, 5) is 26.8. The number of unbranched alkanes of at least 4 members (excludes halogenated alkanes) is 6. The number of carbonyl (C=O) groups is 2. The molecular weight excluding hydrogens is 328 g/mol. The molecule has 0 radical (unpaired) electrons. The number of aliphatic carboxylic acids is 1. The molecule has 2 aromatic rings. The Kier molecular flexibility index (Phi) is 8.19. The minimum atomic E-state index is -0.997. The summed E-state index contributed by atoms with van der Waals surface area (Å²) in [7, 11) is 0. The molecule has 0 spiro atoms. The van der Waals surface area contributed by atoms with E-state index >= 15 is 0 Å². The van der Waals surface area contributed by atoms with E-state index in [1.54, 1.807) is 0 Å². The number of carboxylic acid groups (broad SMARTS) is 1. The van der Waals surface area contributed by atoms with Crippen LogP contribution in [0.15, 0.2) is 30.5 Å². The third-order valence-corrected chi connectivity index (χ3v) is 4.74. The Hall–Kier alpha value is -2.30. The molecule has 1 aromatic carbocycles. The zero-order valence-electron chi connectivity index (χ0n) is 15.6. The average molecular weight is 358 g/mol. The first kappa shape index (κ1) is 20.0. The molecule has 3 N–H and O–H groups in total. The Morgan fingerprint density at radius 3 is 2.50 bits per heavy atom. The van der Waals surface area contributed by atoms with Crippen molar-refractivity contribution in [2.24, 2.45) is 0 Å². The molecule has 5 heteroatoms. The van der Waals surface area contributed by atoms with E-state index in [9.17, 15) is 14.7 Å². The van der Waals surface area contributed by atoms with E-state index in [0.29, 0.717) is 6.42 Å². The molecule has 1 amide bonds. The van der Waals surface area contributed by atoms with Gasteiger partial charge in [-0.15, -0.1) is 0 Å². The molecule has 2 rings (SSSR count). The molecule has 0 saturated heterocycles. The predicted octanol–water partition coefficient (Wildman–Crippen LogP) is 4.42. The smallest absolute Gasteiger partial charge is 0.326 e. The minimum absolute atomic E-state index is 0.175. The molecule has 0 bridgehead atoms. The molecule has 0 fully saturated rings. The monoisotopic (exact) mass is 358 g/mol. The lowest BCUT2D eigenvalue weighted by Gasteiger charge is -2.14. The van der Waals surface area contributed by atoms with Crippen molar-refractivity contribution in [1.29, 1.82) is 0 Å². The van der Waals surface area contributed by atoms with E-state index < -0.39 is 12.0 Å². The number of amides is 1. The Morgan fingerprint density at radius 2 is 1.77 bits per heavy atom. The summed E-state index contributed by atoms with van der Waals surface area (Å²) in [6.45, 7) is 2.19. The van der Waals surface area contributed by atoms with E-state index in [1.165, 1.54) is 25.7 Å². The molecule has 0 aliphatic rings. The number of benzene rings is 1. The highest BCUT2D eigenvalue weighted by Crippen LogP contribution is 2.19. The lowest BCUT2D eigenvalue weighted by Crippen LogP contribution is -2.42. The molecule has 26 heavy (non-hydrogen) atoms. The van der Waals surface area contributed by atoms with Gasteiger partial charge in [0.25, 0.3) is 0 Å².